The first-order chi connectivity index (χ1) is 12.2. The Kier molecular flexibility index (Phi) is 4.08. The Morgan fingerprint density at radius 1 is 1.32 bits per heavy atom. The molecule has 126 valence electrons. The first-order valence-electron chi connectivity index (χ1n) is 8.43. The van der Waals surface area contributed by atoms with Crippen LogP contribution in [0.5, 0.6) is 0 Å². The van der Waals surface area contributed by atoms with Crippen LogP contribution in [0.1, 0.15) is 18.4 Å². The predicted octanol–water partition coefficient (Wildman–Crippen LogP) is 2.55. The van der Waals surface area contributed by atoms with E-state index in [0.717, 1.165) is 36.0 Å². The molecule has 1 aliphatic rings. The third-order valence-electron chi connectivity index (χ3n) is 4.88. The number of nitrogens with one attached hydrogen (secondary N) is 1. The van der Waals surface area contributed by atoms with Crippen molar-refractivity contribution in [2.45, 2.75) is 31.5 Å². The van der Waals surface area contributed by atoms with E-state index in [1.54, 1.807) is 18.7 Å². The Balaban J connectivity index is 1.58. The molecule has 1 unspecified atom stereocenters. The van der Waals surface area contributed by atoms with Crippen LogP contribution < -0.4 is 5.32 Å². The number of pyridine rings is 1. The van der Waals surface area contributed by atoms with Crippen LogP contribution in [0.15, 0.2) is 49.2 Å². The minimum atomic E-state index is -0.438. The van der Waals surface area contributed by atoms with Gasteiger partial charge in [-0.05, 0) is 24.8 Å². The van der Waals surface area contributed by atoms with E-state index < -0.39 is 6.10 Å². The van der Waals surface area contributed by atoms with Gasteiger partial charge in [0.2, 0.25) is 0 Å². The van der Waals surface area contributed by atoms with Crippen LogP contribution in [0.3, 0.4) is 0 Å². The van der Waals surface area contributed by atoms with E-state index in [9.17, 15) is 10.4 Å². The van der Waals surface area contributed by atoms with E-state index in [1.807, 2.05) is 35.0 Å². The van der Waals surface area contributed by atoms with Gasteiger partial charge in [-0.3, -0.25) is 4.98 Å². The highest BCUT2D eigenvalue weighted by Gasteiger charge is 2.33. The van der Waals surface area contributed by atoms with E-state index in [1.165, 1.54) is 0 Å². The molecule has 1 aromatic carbocycles. The highest BCUT2D eigenvalue weighted by atomic mass is 16.3. The highest BCUT2D eigenvalue weighted by molar-refractivity contribution is 5.94. The molecule has 2 heterocycles. The fourth-order valence-corrected chi connectivity index (χ4v) is 3.68. The molecule has 1 fully saturated rings. The van der Waals surface area contributed by atoms with Crippen molar-refractivity contribution in [3.63, 3.8) is 0 Å². The zero-order valence-corrected chi connectivity index (χ0v) is 13.7. The fourth-order valence-electron chi connectivity index (χ4n) is 3.68. The fraction of sp³-hybridized carbons (Fsp3) is 0.316. The summed E-state index contributed by atoms with van der Waals surface area (Å²) in [5.41, 5.74) is 2.11. The van der Waals surface area contributed by atoms with Crippen molar-refractivity contribution in [2.24, 2.45) is 5.92 Å². The van der Waals surface area contributed by atoms with E-state index in [2.05, 4.69) is 21.4 Å². The van der Waals surface area contributed by atoms with E-state index in [-0.39, 0.29) is 6.04 Å². The molecule has 25 heavy (non-hydrogen) atoms. The number of anilines is 1. The number of rotatable bonds is 4. The number of nitrogens with zero attached hydrogens (tertiary/aromatic N) is 4. The number of nitriles is 1. The van der Waals surface area contributed by atoms with Gasteiger partial charge in [-0.15, -0.1) is 0 Å². The van der Waals surface area contributed by atoms with Crippen LogP contribution in [-0.2, 0) is 6.54 Å². The van der Waals surface area contributed by atoms with Gasteiger partial charge in [-0.1, -0.05) is 18.2 Å². The second kappa shape index (κ2) is 6.54. The number of para-hydroxylation sites is 1. The Labute approximate surface area is 145 Å². The molecule has 1 saturated carbocycles. The van der Waals surface area contributed by atoms with Crippen molar-refractivity contribution < 1.29 is 5.11 Å². The molecule has 0 bridgehead atoms. The summed E-state index contributed by atoms with van der Waals surface area (Å²) in [6.45, 7) is 0.845. The van der Waals surface area contributed by atoms with Crippen LogP contribution in [-0.4, -0.2) is 31.8 Å². The summed E-state index contributed by atoms with van der Waals surface area (Å²) in [6, 6.07) is 9.87. The lowest BCUT2D eigenvalue weighted by Gasteiger charge is -2.20. The number of aliphatic hydroxyl groups excluding tert-OH is 1. The minimum Gasteiger partial charge on any atom is -0.391 e. The van der Waals surface area contributed by atoms with Crippen molar-refractivity contribution >= 4 is 16.6 Å². The Morgan fingerprint density at radius 3 is 3.00 bits per heavy atom. The summed E-state index contributed by atoms with van der Waals surface area (Å²) in [5.74, 6) is 0.375. The molecule has 2 N–H and O–H groups in total. The molecule has 0 saturated heterocycles. The van der Waals surface area contributed by atoms with Crippen LogP contribution in [0, 0.1) is 17.2 Å². The maximum absolute atomic E-state index is 10.5. The summed E-state index contributed by atoms with van der Waals surface area (Å²) < 4.78 is 2.04. The Hall–Kier alpha value is -2.91. The van der Waals surface area contributed by atoms with Crippen molar-refractivity contribution in [2.75, 3.05) is 5.32 Å². The SMILES string of the molecule is N#Cc1cnc2ccccc2c1N[C@@H]1CC(Cn2ccnc2)C[C@H]1O. The second-order valence-electron chi connectivity index (χ2n) is 6.59. The number of fused-ring (bicyclic) bond motifs is 1. The predicted molar refractivity (Wildman–Crippen MR) is 94.8 cm³/mol. The topological polar surface area (TPSA) is 86.8 Å². The minimum absolute atomic E-state index is 0.0774. The number of imidazole rings is 1. The summed E-state index contributed by atoms with van der Waals surface area (Å²) in [6.07, 6.45) is 8.25. The van der Waals surface area contributed by atoms with Crippen LogP contribution in [0.25, 0.3) is 10.9 Å². The van der Waals surface area contributed by atoms with Crippen molar-refractivity contribution in [3.8, 4) is 6.07 Å². The second-order valence-corrected chi connectivity index (χ2v) is 6.59. The van der Waals surface area contributed by atoms with E-state index >= 15 is 0 Å². The van der Waals surface area contributed by atoms with Crippen LogP contribution in [0.2, 0.25) is 0 Å². The van der Waals surface area contributed by atoms with Gasteiger partial charge in [-0.2, -0.15) is 5.26 Å². The zero-order valence-electron chi connectivity index (χ0n) is 13.7. The van der Waals surface area contributed by atoms with E-state index in [0.29, 0.717) is 11.5 Å². The van der Waals surface area contributed by atoms with Gasteiger partial charge in [0, 0.05) is 30.5 Å². The molecular weight excluding hydrogens is 314 g/mol. The normalized spacial score (nSPS) is 22.8. The number of hydrogen-bond acceptors (Lipinski definition) is 5. The van der Waals surface area contributed by atoms with Gasteiger partial charge in [0.15, 0.2) is 0 Å². The van der Waals surface area contributed by atoms with Crippen molar-refractivity contribution in [3.05, 3.63) is 54.7 Å². The van der Waals surface area contributed by atoms with Crippen molar-refractivity contribution in [1.82, 2.24) is 14.5 Å². The maximum Gasteiger partial charge on any atom is 0.103 e. The van der Waals surface area contributed by atoms with Gasteiger partial charge in [0.25, 0.3) is 0 Å². The maximum atomic E-state index is 10.5. The summed E-state index contributed by atoms with van der Waals surface area (Å²) in [7, 11) is 0. The molecule has 0 amide bonds. The van der Waals surface area contributed by atoms with Crippen LogP contribution in [0.4, 0.5) is 5.69 Å². The standard InChI is InChI=1S/C19H19N5O/c20-9-14-10-22-16-4-2-1-3-15(16)19(14)23-17-7-13(8-18(17)25)11-24-6-5-21-12-24/h1-6,10,12-13,17-18,25H,7-8,11H2,(H,22,23)/t13?,17-,18-/m1/s1. The van der Waals surface area contributed by atoms with Gasteiger partial charge in [-0.25, -0.2) is 4.98 Å². The molecular formula is C19H19N5O. The van der Waals surface area contributed by atoms with Gasteiger partial charge < -0.3 is 15.0 Å². The molecule has 1 aliphatic carbocycles. The lowest BCUT2D eigenvalue weighted by Crippen LogP contribution is -2.28. The zero-order chi connectivity index (χ0) is 17.2. The molecule has 3 atom stereocenters. The van der Waals surface area contributed by atoms with Crippen molar-refractivity contribution in [1.29, 1.82) is 5.26 Å². The highest BCUT2D eigenvalue weighted by Crippen LogP contribution is 2.33. The monoisotopic (exact) mass is 333 g/mol. The first kappa shape index (κ1) is 15.6. The molecule has 4 rings (SSSR count). The molecule has 0 spiro atoms. The van der Waals surface area contributed by atoms with E-state index in [4.69, 9.17) is 0 Å². The summed E-state index contributed by atoms with van der Waals surface area (Å²) in [5, 5.41) is 24.3. The summed E-state index contributed by atoms with van der Waals surface area (Å²) >= 11 is 0. The number of aromatic nitrogens is 3. The molecule has 3 aromatic rings. The number of benzene rings is 1. The average Bonchev–Trinajstić information content (AvgIpc) is 3.25. The third-order valence-corrected chi connectivity index (χ3v) is 4.88. The average molecular weight is 333 g/mol. The lowest BCUT2D eigenvalue weighted by molar-refractivity contribution is 0.166. The van der Waals surface area contributed by atoms with Gasteiger partial charge in [0.05, 0.1) is 35.2 Å². The first-order valence-corrected chi connectivity index (χ1v) is 8.43. The van der Waals surface area contributed by atoms with Gasteiger partial charge >= 0.3 is 0 Å². The molecule has 6 nitrogen and oxygen atoms in total. The lowest BCUT2D eigenvalue weighted by atomic mass is 10.1. The molecule has 0 aliphatic heterocycles. The number of aliphatic hydroxyl groups is 1. The Morgan fingerprint density at radius 2 is 2.20 bits per heavy atom. The number of hydrogen-bond donors (Lipinski definition) is 2. The molecule has 0 radical (unpaired) electrons. The Bertz CT molecular complexity index is 915. The third kappa shape index (κ3) is 3.06. The van der Waals surface area contributed by atoms with Crippen LogP contribution >= 0.6 is 0 Å². The summed E-state index contributed by atoms with van der Waals surface area (Å²) in [4.78, 5) is 8.40. The largest absolute Gasteiger partial charge is 0.391 e. The molecule has 6 heteroatoms. The van der Waals surface area contributed by atoms with Gasteiger partial charge in [0.1, 0.15) is 6.07 Å². The molecule has 2 aromatic heterocycles. The quantitative estimate of drug-likeness (QED) is 0.766. The smallest absolute Gasteiger partial charge is 0.103 e.